The number of aryl methyl sites for hydroxylation is 1. The molecule has 5 rings (SSSR count). The van der Waals surface area contributed by atoms with Crippen molar-refractivity contribution in [1.29, 1.82) is 0 Å². The fourth-order valence-electron chi connectivity index (χ4n) is 4.51. The molecule has 0 saturated heterocycles. The average molecular weight is 478 g/mol. The number of anilines is 1. The number of methoxy groups -OCH3 is 1. The first-order chi connectivity index (χ1) is 17.1. The van der Waals surface area contributed by atoms with E-state index in [0.717, 1.165) is 60.2 Å². The van der Waals surface area contributed by atoms with Gasteiger partial charge in [0.1, 0.15) is 17.6 Å². The Labute approximate surface area is 202 Å². The van der Waals surface area contributed by atoms with Crippen molar-refractivity contribution >= 4 is 16.7 Å². The lowest BCUT2D eigenvalue weighted by atomic mass is 9.93. The highest BCUT2D eigenvalue weighted by molar-refractivity contribution is 5.93. The van der Waals surface area contributed by atoms with Gasteiger partial charge in [0.2, 0.25) is 0 Å². The van der Waals surface area contributed by atoms with Crippen molar-refractivity contribution in [1.82, 2.24) is 29.7 Å². The Morgan fingerprint density at radius 1 is 1.09 bits per heavy atom. The van der Waals surface area contributed by atoms with Crippen molar-refractivity contribution < 1.29 is 13.9 Å². The van der Waals surface area contributed by atoms with Crippen LogP contribution in [-0.4, -0.2) is 49.5 Å². The van der Waals surface area contributed by atoms with Crippen molar-refractivity contribution in [2.45, 2.75) is 51.7 Å². The van der Waals surface area contributed by atoms with Gasteiger partial charge in [0.05, 0.1) is 18.7 Å². The molecule has 1 N–H and O–H groups in total. The quantitative estimate of drug-likeness (QED) is 0.408. The zero-order valence-electron chi connectivity index (χ0n) is 20.0. The number of ether oxygens (including phenoxy) is 2. The minimum Gasteiger partial charge on any atom is -0.472 e. The van der Waals surface area contributed by atoms with Crippen LogP contribution in [0.5, 0.6) is 11.9 Å². The number of fused-ring (bicyclic) bond motifs is 1. The molecule has 4 heterocycles. The summed E-state index contributed by atoms with van der Waals surface area (Å²) in [4.78, 5) is 17.1. The van der Waals surface area contributed by atoms with E-state index in [-0.39, 0.29) is 23.8 Å². The third-order valence-electron chi connectivity index (χ3n) is 6.35. The summed E-state index contributed by atoms with van der Waals surface area (Å²) in [7, 11) is 1.54. The summed E-state index contributed by atoms with van der Waals surface area (Å²) >= 11 is 0. The van der Waals surface area contributed by atoms with Gasteiger partial charge in [0, 0.05) is 48.3 Å². The molecule has 10 heteroatoms. The number of pyridine rings is 2. The highest BCUT2D eigenvalue weighted by atomic mass is 19.1. The topological polar surface area (TPSA) is 99.9 Å². The maximum Gasteiger partial charge on any atom is 0.316 e. The first-order valence-corrected chi connectivity index (χ1v) is 11.8. The van der Waals surface area contributed by atoms with Gasteiger partial charge in [0.25, 0.3) is 5.88 Å². The van der Waals surface area contributed by atoms with E-state index < -0.39 is 0 Å². The van der Waals surface area contributed by atoms with Crippen molar-refractivity contribution in [2.24, 2.45) is 0 Å². The molecule has 0 aromatic carbocycles. The number of aromatic nitrogens is 6. The van der Waals surface area contributed by atoms with Crippen LogP contribution in [0.4, 0.5) is 10.2 Å². The van der Waals surface area contributed by atoms with E-state index in [0.29, 0.717) is 11.6 Å². The summed E-state index contributed by atoms with van der Waals surface area (Å²) in [6.45, 7) is 4.53. The zero-order valence-corrected chi connectivity index (χ0v) is 20.0. The Morgan fingerprint density at radius 3 is 2.57 bits per heavy atom. The zero-order chi connectivity index (χ0) is 24.4. The first kappa shape index (κ1) is 22.9. The third-order valence-corrected chi connectivity index (χ3v) is 6.35. The average Bonchev–Trinajstić information content (AvgIpc) is 3.26. The summed E-state index contributed by atoms with van der Waals surface area (Å²) in [5.74, 6) is 0.500. The largest absolute Gasteiger partial charge is 0.472 e. The molecule has 0 atom stereocenters. The maximum absolute atomic E-state index is 14.4. The Kier molecular flexibility index (Phi) is 6.43. The van der Waals surface area contributed by atoms with Crippen molar-refractivity contribution in [3.05, 3.63) is 48.3 Å². The van der Waals surface area contributed by atoms with Crippen molar-refractivity contribution in [2.75, 3.05) is 19.0 Å². The van der Waals surface area contributed by atoms with Crippen LogP contribution in [0.25, 0.3) is 22.2 Å². The number of hydrogen-bond acceptors (Lipinski definition) is 8. The smallest absolute Gasteiger partial charge is 0.316 e. The fraction of sp³-hybridized carbons (Fsp3) is 0.400. The van der Waals surface area contributed by atoms with E-state index in [1.165, 1.54) is 7.11 Å². The van der Waals surface area contributed by atoms with Crippen LogP contribution < -0.4 is 14.8 Å². The predicted molar refractivity (Wildman–Crippen MR) is 130 cm³/mol. The normalized spacial score (nSPS) is 17.9. The molecule has 182 valence electrons. The summed E-state index contributed by atoms with van der Waals surface area (Å²) in [5, 5.41) is 9.21. The molecule has 1 aliphatic carbocycles. The minimum atomic E-state index is -0.387. The molecule has 4 aromatic heterocycles. The summed E-state index contributed by atoms with van der Waals surface area (Å²) in [6.07, 6.45) is 10.0. The lowest BCUT2D eigenvalue weighted by Crippen LogP contribution is -2.27. The van der Waals surface area contributed by atoms with Gasteiger partial charge in [-0.15, -0.1) is 0 Å². The van der Waals surface area contributed by atoms with Gasteiger partial charge in [-0.2, -0.15) is 5.10 Å². The van der Waals surface area contributed by atoms with Crippen molar-refractivity contribution in [3.63, 3.8) is 0 Å². The van der Waals surface area contributed by atoms with E-state index in [1.807, 2.05) is 19.2 Å². The number of rotatable bonds is 7. The van der Waals surface area contributed by atoms with Gasteiger partial charge < -0.3 is 14.8 Å². The number of hydrogen-bond donors (Lipinski definition) is 1. The molecule has 35 heavy (non-hydrogen) atoms. The summed E-state index contributed by atoms with van der Waals surface area (Å²) in [6, 6.07) is 4.17. The molecule has 1 aliphatic rings. The Balaban J connectivity index is 1.42. The van der Waals surface area contributed by atoms with Crippen LogP contribution >= 0.6 is 0 Å². The van der Waals surface area contributed by atoms with E-state index in [4.69, 9.17) is 14.6 Å². The second kappa shape index (κ2) is 9.81. The van der Waals surface area contributed by atoms with Gasteiger partial charge in [-0.3, -0.25) is 4.68 Å². The molecule has 1 saturated carbocycles. The molecule has 0 unspecified atom stereocenters. The molecule has 0 bridgehead atoms. The number of nitrogens with one attached hydrogen (secondary N) is 1. The second-order valence-electron chi connectivity index (χ2n) is 8.66. The molecular weight excluding hydrogens is 449 g/mol. The summed E-state index contributed by atoms with van der Waals surface area (Å²) < 4.78 is 27.5. The monoisotopic (exact) mass is 477 g/mol. The van der Waals surface area contributed by atoms with Gasteiger partial charge in [-0.25, -0.2) is 24.3 Å². The Morgan fingerprint density at radius 2 is 1.86 bits per heavy atom. The second-order valence-corrected chi connectivity index (χ2v) is 8.66. The molecule has 0 aliphatic heterocycles. The molecule has 0 amide bonds. The van der Waals surface area contributed by atoms with Crippen molar-refractivity contribution in [3.8, 4) is 23.1 Å². The highest BCUT2D eigenvalue weighted by Crippen LogP contribution is 2.36. The molecule has 0 radical (unpaired) electrons. The van der Waals surface area contributed by atoms with Crippen LogP contribution in [0.2, 0.25) is 0 Å². The van der Waals surface area contributed by atoms with Gasteiger partial charge >= 0.3 is 6.01 Å². The van der Waals surface area contributed by atoms with Crippen LogP contribution in [-0.2, 0) is 0 Å². The molecule has 4 aromatic rings. The predicted octanol–water partition coefficient (Wildman–Crippen LogP) is 4.73. The molecule has 1 fully saturated rings. The maximum atomic E-state index is 14.4. The molecular formula is C25H28FN7O2. The third kappa shape index (κ3) is 4.60. The SMILES string of the molecule is CCNc1cc2c(cn1)c(-c1cnc(OC)nc1)nn2C1CCC(Oc2nccc(C)c2F)CC1. The van der Waals surface area contributed by atoms with E-state index in [2.05, 4.69) is 29.9 Å². The lowest BCUT2D eigenvalue weighted by molar-refractivity contribution is 0.120. The van der Waals surface area contributed by atoms with Gasteiger partial charge in [-0.05, 0) is 51.2 Å². The Bertz CT molecular complexity index is 1320. The van der Waals surface area contributed by atoms with E-state index in [9.17, 15) is 4.39 Å². The highest BCUT2D eigenvalue weighted by Gasteiger charge is 2.28. The Hall–Kier alpha value is -3.82. The fourth-order valence-corrected chi connectivity index (χ4v) is 4.51. The van der Waals surface area contributed by atoms with E-state index in [1.54, 1.807) is 31.6 Å². The summed E-state index contributed by atoms with van der Waals surface area (Å²) in [5.41, 5.74) is 3.11. The van der Waals surface area contributed by atoms with Gasteiger partial charge in [0.15, 0.2) is 5.82 Å². The standard InChI is InChI=1S/C25H28FN7O2/c1-4-27-21-11-20-19(14-29-21)23(16-12-30-25(34-3)31-13-16)32-33(20)17-5-7-18(8-6-17)35-24-22(26)15(2)9-10-28-24/h9-14,17-18H,4-8H2,1-3H3,(H,27,29). The van der Waals surface area contributed by atoms with Crippen LogP contribution in [0.1, 0.15) is 44.2 Å². The lowest BCUT2D eigenvalue weighted by Gasteiger charge is -2.29. The molecule has 9 nitrogen and oxygen atoms in total. The molecule has 0 spiro atoms. The van der Waals surface area contributed by atoms with Crippen LogP contribution in [0, 0.1) is 12.7 Å². The van der Waals surface area contributed by atoms with Crippen LogP contribution in [0.3, 0.4) is 0 Å². The minimum absolute atomic E-state index is 0.0784. The van der Waals surface area contributed by atoms with Gasteiger partial charge in [-0.1, -0.05) is 0 Å². The first-order valence-electron chi connectivity index (χ1n) is 11.8. The number of nitrogens with zero attached hydrogens (tertiary/aromatic N) is 6. The number of halogens is 1. The van der Waals surface area contributed by atoms with E-state index >= 15 is 0 Å². The van der Waals surface area contributed by atoms with Crippen LogP contribution in [0.15, 0.2) is 36.9 Å².